The zero-order chi connectivity index (χ0) is 14.0. The van der Waals surface area contributed by atoms with Crippen LogP contribution in [0.25, 0.3) is 0 Å². The normalized spacial score (nSPS) is 11.3. The lowest BCUT2D eigenvalue weighted by atomic mass is 10.1. The summed E-state index contributed by atoms with van der Waals surface area (Å²) in [6.45, 7) is 5.60. The predicted molar refractivity (Wildman–Crippen MR) is 74.4 cm³/mol. The first kappa shape index (κ1) is 13.4. The molecule has 7 heteroatoms. The number of aromatic nitrogens is 2. The summed E-state index contributed by atoms with van der Waals surface area (Å²) in [4.78, 5) is 19.0. The molecule has 19 heavy (non-hydrogen) atoms. The fraction of sp³-hybridized carbons (Fsp3) is 0.333. The summed E-state index contributed by atoms with van der Waals surface area (Å²) in [6, 6.07) is 1.51. The second kappa shape index (κ2) is 4.93. The Labute approximate surface area is 114 Å². The largest absolute Gasteiger partial charge is 0.353 e. The predicted octanol–water partition coefficient (Wildman–Crippen LogP) is 3.10. The molecule has 0 atom stereocenters. The van der Waals surface area contributed by atoms with Crippen LogP contribution in [0.2, 0.25) is 0 Å². The Morgan fingerprint density at radius 2 is 2.16 bits per heavy atom. The lowest BCUT2D eigenvalue weighted by Gasteiger charge is -2.24. The van der Waals surface area contributed by atoms with Gasteiger partial charge >= 0.3 is 5.69 Å². The van der Waals surface area contributed by atoms with Crippen LogP contribution < -0.4 is 5.32 Å². The third kappa shape index (κ3) is 2.87. The van der Waals surface area contributed by atoms with Crippen LogP contribution in [0.15, 0.2) is 23.8 Å². The minimum atomic E-state index is -0.513. The quantitative estimate of drug-likeness (QED) is 0.686. The first-order valence-corrected chi connectivity index (χ1v) is 6.57. The van der Waals surface area contributed by atoms with E-state index in [0.717, 1.165) is 10.6 Å². The van der Waals surface area contributed by atoms with Gasteiger partial charge in [0.15, 0.2) is 0 Å². The highest BCUT2D eigenvalue weighted by molar-refractivity contribution is 7.09. The Morgan fingerprint density at radius 1 is 1.42 bits per heavy atom. The molecule has 0 fully saturated rings. The number of nitrogens with zero attached hydrogens (tertiary/aromatic N) is 3. The number of rotatable bonds is 4. The summed E-state index contributed by atoms with van der Waals surface area (Å²) < 4.78 is 0. The second-order valence-electron chi connectivity index (χ2n) is 4.72. The van der Waals surface area contributed by atoms with Crippen LogP contribution in [0, 0.1) is 17.0 Å². The molecule has 0 saturated heterocycles. The Morgan fingerprint density at radius 3 is 2.74 bits per heavy atom. The molecule has 0 amide bonds. The van der Waals surface area contributed by atoms with Gasteiger partial charge in [-0.2, -0.15) is 0 Å². The van der Waals surface area contributed by atoms with Crippen molar-refractivity contribution in [3.8, 4) is 0 Å². The SMILES string of the molecule is Cc1cnc(NC(C)(C)c2nccs2)c([N+](=O)[O-])c1. The van der Waals surface area contributed by atoms with E-state index >= 15 is 0 Å². The van der Waals surface area contributed by atoms with E-state index in [0.29, 0.717) is 0 Å². The smallest absolute Gasteiger partial charge is 0.311 e. The third-order valence-electron chi connectivity index (χ3n) is 2.60. The van der Waals surface area contributed by atoms with Gasteiger partial charge in [-0.15, -0.1) is 11.3 Å². The van der Waals surface area contributed by atoms with Gasteiger partial charge in [-0.1, -0.05) is 0 Å². The van der Waals surface area contributed by atoms with Crippen molar-refractivity contribution in [2.45, 2.75) is 26.3 Å². The molecule has 2 aromatic rings. The summed E-state index contributed by atoms with van der Waals surface area (Å²) in [5, 5.41) is 16.9. The van der Waals surface area contributed by atoms with Gasteiger partial charge in [0.05, 0.1) is 10.5 Å². The summed E-state index contributed by atoms with van der Waals surface area (Å²) >= 11 is 1.50. The molecule has 2 aromatic heterocycles. The van der Waals surface area contributed by atoms with Crippen LogP contribution >= 0.6 is 11.3 Å². The molecule has 0 spiro atoms. The highest BCUT2D eigenvalue weighted by atomic mass is 32.1. The molecular formula is C12H14N4O2S. The Balaban J connectivity index is 2.36. The summed E-state index contributed by atoms with van der Waals surface area (Å²) in [7, 11) is 0. The van der Waals surface area contributed by atoms with Crippen LogP contribution in [-0.4, -0.2) is 14.9 Å². The number of pyridine rings is 1. The number of hydrogen-bond donors (Lipinski definition) is 1. The van der Waals surface area contributed by atoms with Crippen molar-refractivity contribution in [3.63, 3.8) is 0 Å². The molecule has 2 rings (SSSR count). The van der Waals surface area contributed by atoms with E-state index in [1.54, 1.807) is 19.3 Å². The monoisotopic (exact) mass is 278 g/mol. The van der Waals surface area contributed by atoms with E-state index in [9.17, 15) is 10.1 Å². The summed E-state index contributed by atoms with van der Waals surface area (Å²) in [6.07, 6.45) is 3.31. The van der Waals surface area contributed by atoms with Crippen molar-refractivity contribution < 1.29 is 4.92 Å². The molecule has 0 aliphatic rings. The van der Waals surface area contributed by atoms with Crippen LogP contribution in [0.5, 0.6) is 0 Å². The van der Waals surface area contributed by atoms with Crippen LogP contribution in [-0.2, 0) is 5.54 Å². The zero-order valence-electron chi connectivity index (χ0n) is 10.9. The highest BCUT2D eigenvalue weighted by Gasteiger charge is 2.27. The van der Waals surface area contributed by atoms with Gasteiger partial charge in [0.2, 0.25) is 5.82 Å². The van der Waals surface area contributed by atoms with E-state index in [4.69, 9.17) is 0 Å². The second-order valence-corrected chi connectivity index (χ2v) is 5.62. The molecular weight excluding hydrogens is 264 g/mol. The maximum Gasteiger partial charge on any atom is 0.311 e. The van der Waals surface area contributed by atoms with Crippen molar-refractivity contribution >= 4 is 22.8 Å². The maximum atomic E-state index is 11.1. The molecule has 6 nitrogen and oxygen atoms in total. The highest BCUT2D eigenvalue weighted by Crippen LogP contribution is 2.31. The molecule has 0 aromatic carbocycles. The zero-order valence-corrected chi connectivity index (χ0v) is 11.7. The van der Waals surface area contributed by atoms with Crippen LogP contribution in [0.1, 0.15) is 24.4 Å². The molecule has 0 aliphatic carbocycles. The molecule has 0 unspecified atom stereocenters. The average Bonchev–Trinajstić information content (AvgIpc) is 2.85. The molecule has 1 N–H and O–H groups in total. The van der Waals surface area contributed by atoms with Gasteiger partial charge in [0, 0.05) is 23.8 Å². The van der Waals surface area contributed by atoms with Gasteiger partial charge in [-0.25, -0.2) is 9.97 Å². The van der Waals surface area contributed by atoms with Crippen molar-refractivity contribution in [3.05, 3.63) is 44.5 Å². The van der Waals surface area contributed by atoms with Gasteiger partial charge in [-0.05, 0) is 26.3 Å². The van der Waals surface area contributed by atoms with Crippen LogP contribution in [0.3, 0.4) is 0 Å². The number of nitrogens with one attached hydrogen (secondary N) is 1. The Hall–Kier alpha value is -2.02. The third-order valence-corrected chi connectivity index (χ3v) is 3.70. The number of aryl methyl sites for hydroxylation is 1. The summed E-state index contributed by atoms with van der Waals surface area (Å²) in [5.41, 5.74) is 0.218. The standard InChI is InChI=1S/C12H14N4O2S/c1-8-6-9(16(17)18)10(14-7-8)15-12(2,3)11-13-4-5-19-11/h4-7H,1-3H3,(H,14,15). The number of nitro groups is 1. The van der Waals surface area contributed by atoms with Crippen molar-refractivity contribution in [2.24, 2.45) is 0 Å². The maximum absolute atomic E-state index is 11.1. The van der Waals surface area contributed by atoms with Crippen molar-refractivity contribution in [2.75, 3.05) is 5.32 Å². The number of anilines is 1. The fourth-order valence-electron chi connectivity index (χ4n) is 1.67. The molecule has 0 radical (unpaired) electrons. The molecule has 0 aliphatic heterocycles. The van der Waals surface area contributed by atoms with E-state index in [2.05, 4.69) is 15.3 Å². The van der Waals surface area contributed by atoms with E-state index < -0.39 is 10.5 Å². The molecule has 0 saturated carbocycles. The first-order valence-electron chi connectivity index (χ1n) is 5.69. The number of thiazole rings is 1. The fourth-order valence-corrected chi connectivity index (χ4v) is 2.39. The van der Waals surface area contributed by atoms with E-state index in [1.165, 1.54) is 17.4 Å². The Kier molecular flexibility index (Phi) is 3.48. The topological polar surface area (TPSA) is 81.0 Å². The lowest BCUT2D eigenvalue weighted by Crippen LogP contribution is -2.28. The molecule has 100 valence electrons. The number of hydrogen-bond acceptors (Lipinski definition) is 6. The molecule has 0 bridgehead atoms. The van der Waals surface area contributed by atoms with Crippen molar-refractivity contribution in [1.82, 2.24) is 9.97 Å². The van der Waals surface area contributed by atoms with E-state index in [1.807, 2.05) is 19.2 Å². The average molecular weight is 278 g/mol. The summed E-state index contributed by atoms with van der Waals surface area (Å²) in [5.74, 6) is 0.260. The minimum absolute atomic E-state index is 0.0235. The van der Waals surface area contributed by atoms with Gasteiger partial charge in [-0.3, -0.25) is 10.1 Å². The van der Waals surface area contributed by atoms with Gasteiger partial charge in [0.1, 0.15) is 5.01 Å². The Bertz CT molecular complexity index is 596. The molecule has 2 heterocycles. The van der Waals surface area contributed by atoms with Gasteiger partial charge < -0.3 is 5.32 Å². The van der Waals surface area contributed by atoms with Gasteiger partial charge in [0.25, 0.3) is 0 Å². The lowest BCUT2D eigenvalue weighted by molar-refractivity contribution is -0.384. The van der Waals surface area contributed by atoms with Crippen LogP contribution in [0.4, 0.5) is 11.5 Å². The minimum Gasteiger partial charge on any atom is -0.353 e. The first-order chi connectivity index (χ1) is 8.90. The van der Waals surface area contributed by atoms with E-state index in [-0.39, 0.29) is 11.5 Å². The van der Waals surface area contributed by atoms with Crippen molar-refractivity contribution in [1.29, 1.82) is 0 Å².